The number of aromatic nitrogens is 2. The van der Waals surface area contributed by atoms with Crippen LogP contribution in [0, 0.1) is 12.7 Å². The summed E-state index contributed by atoms with van der Waals surface area (Å²) in [5.41, 5.74) is 2.90. The number of likely N-dealkylation sites (N-methyl/N-ethyl adjacent to an activating group) is 1. The molecule has 0 saturated carbocycles. The third kappa shape index (κ3) is 3.45. The highest BCUT2D eigenvalue weighted by Crippen LogP contribution is 2.23. The molecular formula is C16H22FN3. The van der Waals surface area contributed by atoms with Gasteiger partial charge in [0, 0.05) is 25.2 Å². The molecule has 1 aromatic heterocycles. The molecule has 1 heterocycles. The molecule has 108 valence electrons. The molecular weight excluding hydrogens is 253 g/mol. The third-order valence-electron chi connectivity index (χ3n) is 3.54. The number of benzene rings is 1. The van der Waals surface area contributed by atoms with Crippen LogP contribution in [-0.2, 0) is 13.5 Å². The Balaban J connectivity index is 2.24. The van der Waals surface area contributed by atoms with E-state index in [4.69, 9.17) is 0 Å². The van der Waals surface area contributed by atoms with Crippen LogP contribution in [0.4, 0.5) is 4.39 Å². The summed E-state index contributed by atoms with van der Waals surface area (Å²) in [4.78, 5) is 0. The zero-order valence-corrected chi connectivity index (χ0v) is 12.4. The summed E-state index contributed by atoms with van der Waals surface area (Å²) in [6, 6.07) is 9.10. The summed E-state index contributed by atoms with van der Waals surface area (Å²) in [6.45, 7) is 5.69. The van der Waals surface area contributed by atoms with Gasteiger partial charge < -0.3 is 5.32 Å². The smallest absolute Gasteiger partial charge is 0.126 e. The molecule has 1 unspecified atom stereocenters. The molecule has 0 amide bonds. The molecule has 0 bridgehead atoms. The number of rotatable bonds is 6. The molecule has 20 heavy (non-hydrogen) atoms. The van der Waals surface area contributed by atoms with Crippen LogP contribution in [-0.4, -0.2) is 22.9 Å². The quantitative estimate of drug-likeness (QED) is 0.878. The van der Waals surface area contributed by atoms with Gasteiger partial charge in [0.05, 0.1) is 5.69 Å². The van der Waals surface area contributed by atoms with Gasteiger partial charge in [0.2, 0.25) is 0 Å². The second-order valence-electron chi connectivity index (χ2n) is 5.13. The normalized spacial score (nSPS) is 12.6. The van der Waals surface area contributed by atoms with Gasteiger partial charge in [-0.05, 0) is 37.6 Å². The fraction of sp³-hybridized carbons (Fsp3) is 0.438. The molecule has 2 aromatic rings. The Labute approximate surface area is 119 Å². The first-order valence-corrected chi connectivity index (χ1v) is 7.06. The molecule has 1 N–H and O–H groups in total. The van der Waals surface area contributed by atoms with Gasteiger partial charge in [-0.15, -0.1) is 0 Å². The van der Waals surface area contributed by atoms with Crippen molar-refractivity contribution in [1.29, 1.82) is 0 Å². The molecule has 3 nitrogen and oxygen atoms in total. The van der Waals surface area contributed by atoms with E-state index in [1.165, 1.54) is 6.07 Å². The van der Waals surface area contributed by atoms with Crippen molar-refractivity contribution in [2.24, 2.45) is 7.05 Å². The number of aryl methyl sites for hydroxylation is 2. The zero-order valence-electron chi connectivity index (χ0n) is 12.4. The number of nitrogens with zero attached hydrogens (tertiary/aromatic N) is 2. The maximum atomic E-state index is 14.0. The minimum atomic E-state index is -0.130. The number of halogens is 1. The van der Waals surface area contributed by atoms with Crippen molar-refractivity contribution in [3.63, 3.8) is 0 Å². The maximum absolute atomic E-state index is 14.0. The van der Waals surface area contributed by atoms with Crippen LogP contribution < -0.4 is 5.32 Å². The largest absolute Gasteiger partial charge is 0.316 e. The molecule has 0 aliphatic heterocycles. The van der Waals surface area contributed by atoms with Crippen LogP contribution in [0.5, 0.6) is 0 Å². The molecule has 0 radical (unpaired) electrons. The predicted molar refractivity (Wildman–Crippen MR) is 79.3 cm³/mol. The van der Waals surface area contributed by atoms with E-state index >= 15 is 0 Å². The first kappa shape index (κ1) is 14.7. The molecule has 0 fully saturated rings. The Morgan fingerprint density at radius 2 is 2.10 bits per heavy atom. The van der Waals surface area contributed by atoms with Crippen molar-refractivity contribution in [2.45, 2.75) is 26.2 Å². The van der Waals surface area contributed by atoms with Crippen molar-refractivity contribution < 1.29 is 4.39 Å². The average molecular weight is 275 g/mol. The number of nitrogens with one attached hydrogen (secondary N) is 1. The lowest BCUT2D eigenvalue weighted by atomic mass is 9.93. The number of hydrogen-bond acceptors (Lipinski definition) is 2. The van der Waals surface area contributed by atoms with Crippen LogP contribution in [0.25, 0.3) is 0 Å². The van der Waals surface area contributed by atoms with Crippen LogP contribution in [0.15, 0.2) is 30.3 Å². The van der Waals surface area contributed by atoms with Gasteiger partial charge in [-0.1, -0.05) is 25.1 Å². The second-order valence-corrected chi connectivity index (χ2v) is 5.13. The highest BCUT2D eigenvalue weighted by molar-refractivity contribution is 5.24. The monoisotopic (exact) mass is 275 g/mol. The van der Waals surface area contributed by atoms with Gasteiger partial charge in [0.25, 0.3) is 0 Å². The van der Waals surface area contributed by atoms with Crippen LogP contribution in [0.1, 0.15) is 29.8 Å². The van der Waals surface area contributed by atoms with Crippen LogP contribution >= 0.6 is 0 Å². The van der Waals surface area contributed by atoms with E-state index in [1.54, 1.807) is 6.07 Å². The van der Waals surface area contributed by atoms with Crippen molar-refractivity contribution in [3.05, 3.63) is 53.1 Å². The predicted octanol–water partition coefficient (Wildman–Crippen LogP) is 2.80. The minimum Gasteiger partial charge on any atom is -0.316 e. The fourth-order valence-electron chi connectivity index (χ4n) is 2.52. The SMILES string of the molecule is CCNCC(Cc1cc(C)nn1C)c1ccccc1F. The lowest BCUT2D eigenvalue weighted by molar-refractivity contribution is 0.532. The van der Waals surface area contributed by atoms with E-state index in [0.29, 0.717) is 0 Å². The Bertz CT molecular complexity index is 563. The topological polar surface area (TPSA) is 29.9 Å². The van der Waals surface area contributed by atoms with Crippen molar-refractivity contribution >= 4 is 0 Å². The molecule has 0 saturated heterocycles. The van der Waals surface area contributed by atoms with Crippen LogP contribution in [0.3, 0.4) is 0 Å². The van der Waals surface area contributed by atoms with E-state index in [9.17, 15) is 4.39 Å². The van der Waals surface area contributed by atoms with Gasteiger partial charge in [0.15, 0.2) is 0 Å². The Morgan fingerprint density at radius 1 is 1.35 bits per heavy atom. The third-order valence-corrected chi connectivity index (χ3v) is 3.54. The summed E-state index contributed by atoms with van der Waals surface area (Å²) in [5.74, 6) is -0.0137. The highest BCUT2D eigenvalue weighted by Gasteiger charge is 2.17. The van der Waals surface area contributed by atoms with Crippen molar-refractivity contribution in [1.82, 2.24) is 15.1 Å². The van der Waals surface area contributed by atoms with Crippen molar-refractivity contribution in [2.75, 3.05) is 13.1 Å². The fourth-order valence-corrected chi connectivity index (χ4v) is 2.52. The lowest BCUT2D eigenvalue weighted by Gasteiger charge is -2.18. The second kappa shape index (κ2) is 6.66. The van der Waals surface area contributed by atoms with Gasteiger partial charge >= 0.3 is 0 Å². The molecule has 0 aliphatic rings. The Morgan fingerprint density at radius 3 is 2.70 bits per heavy atom. The van der Waals surface area contributed by atoms with E-state index in [0.717, 1.165) is 36.5 Å². The molecule has 1 aromatic carbocycles. The first-order valence-electron chi connectivity index (χ1n) is 7.06. The van der Waals surface area contributed by atoms with Crippen molar-refractivity contribution in [3.8, 4) is 0 Å². The Kier molecular flexibility index (Phi) is 4.90. The molecule has 1 atom stereocenters. The Hall–Kier alpha value is -1.68. The van der Waals surface area contributed by atoms with Crippen LogP contribution in [0.2, 0.25) is 0 Å². The van der Waals surface area contributed by atoms with Gasteiger partial charge in [-0.25, -0.2) is 4.39 Å². The molecule has 0 aliphatic carbocycles. The molecule has 4 heteroatoms. The molecule has 0 spiro atoms. The van der Waals surface area contributed by atoms with E-state index in [1.807, 2.05) is 30.8 Å². The first-order chi connectivity index (χ1) is 9.61. The van der Waals surface area contributed by atoms with Gasteiger partial charge in [-0.3, -0.25) is 4.68 Å². The summed E-state index contributed by atoms with van der Waals surface area (Å²) in [5, 5.41) is 7.69. The lowest BCUT2D eigenvalue weighted by Crippen LogP contribution is -2.24. The number of hydrogen-bond donors (Lipinski definition) is 1. The average Bonchev–Trinajstić information content (AvgIpc) is 2.73. The van der Waals surface area contributed by atoms with E-state index < -0.39 is 0 Å². The standard InChI is InChI=1S/C16H22FN3/c1-4-18-11-13(15-7-5-6-8-16(15)17)10-14-9-12(2)19-20(14)3/h5-9,13,18H,4,10-11H2,1-3H3. The zero-order chi connectivity index (χ0) is 14.5. The molecule has 2 rings (SSSR count). The summed E-state index contributed by atoms with van der Waals surface area (Å²) < 4.78 is 15.9. The summed E-state index contributed by atoms with van der Waals surface area (Å²) >= 11 is 0. The highest BCUT2D eigenvalue weighted by atomic mass is 19.1. The van der Waals surface area contributed by atoms with E-state index in [2.05, 4.69) is 23.4 Å². The van der Waals surface area contributed by atoms with Gasteiger partial charge in [0.1, 0.15) is 5.82 Å². The van der Waals surface area contributed by atoms with Gasteiger partial charge in [-0.2, -0.15) is 5.10 Å². The summed E-state index contributed by atoms with van der Waals surface area (Å²) in [6.07, 6.45) is 0.783. The maximum Gasteiger partial charge on any atom is 0.126 e. The minimum absolute atomic E-state index is 0.117. The van der Waals surface area contributed by atoms with E-state index in [-0.39, 0.29) is 11.7 Å². The summed E-state index contributed by atoms with van der Waals surface area (Å²) in [7, 11) is 1.94.